The van der Waals surface area contributed by atoms with E-state index >= 15 is 0 Å². The number of thioether (sulfide) groups is 1. The van der Waals surface area contributed by atoms with E-state index in [2.05, 4.69) is 23.5 Å². The van der Waals surface area contributed by atoms with Crippen LogP contribution in [0.5, 0.6) is 0 Å². The highest BCUT2D eigenvalue weighted by atomic mass is 32.2. The molecule has 1 aliphatic rings. The van der Waals surface area contributed by atoms with E-state index in [-0.39, 0.29) is 0 Å². The predicted molar refractivity (Wildman–Crippen MR) is 77.0 cm³/mol. The normalized spacial score (nSPS) is 21.9. The number of hydrogen-bond donors (Lipinski definition) is 1. The third-order valence-corrected chi connectivity index (χ3v) is 3.86. The topological polar surface area (TPSA) is 24.5 Å². The van der Waals surface area contributed by atoms with E-state index in [0.717, 1.165) is 32.8 Å². The standard InChI is InChI=1S/C13H28N2OS/c1-15-8-9-16-13(12-15)11-14-7-5-3-4-6-10-17-2/h13-14H,3-12H2,1-2H3. The molecular weight excluding hydrogens is 232 g/mol. The van der Waals surface area contributed by atoms with E-state index in [1.54, 1.807) is 0 Å². The molecule has 4 heteroatoms. The number of ether oxygens (including phenoxy) is 1. The van der Waals surface area contributed by atoms with Crippen molar-refractivity contribution in [2.75, 3.05) is 51.8 Å². The highest BCUT2D eigenvalue weighted by Crippen LogP contribution is 2.04. The minimum Gasteiger partial charge on any atom is -0.374 e. The van der Waals surface area contributed by atoms with Crippen molar-refractivity contribution in [1.82, 2.24) is 10.2 Å². The quantitative estimate of drug-likeness (QED) is 0.639. The van der Waals surface area contributed by atoms with Gasteiger partial charge >= 0.3 is 0 Å². The van der Waals surface area contributed by atoms with Crippen molar-refractivity contribution in [3.63, 3.8) is 0 Å². The Bertz CT molecular complexity index is 181. The Morgan fingerprint density at radius 2 is 2.12 bits per heavy atom. The van der Waals surface area contributed by atoms with E-state index in [0.29, 0.717) is 6.10 Å². The van der Waals surface area contributed by atoms with Gasteiger partial charge in [0.05, 0.1) is 12.7 Å². The molecule has 1 fully saturated rings. The van der Waals surface area contributed by atoms with E-state index in [1.807, 2.05) is 11.8 Å². The van der Waals surface area contributed by atoms with Gasteiger partial charge in [-0.3, -0.25) is 0 Å². The Hall–Kier alpha value is 0.230. The van der Waals surface area contributed by atoms with Crippen LogP contribution in [0.25, 0.3) is 0 Å². The van der Waals surface area contributed by atoms with Crippen LogP contribution < -0.4 is 5.32 Å². The van der Waals surface area contributed by atoms with Crippen LogP contribution in [0.4, 0.5) is 0 Å². The van der Waals surface area contributed by atoms with Gasteiger partial charge in [-0.1, -0.05) is 12.8 Å². The van der Waals surface area contributed by atoms with Crippen LogP contribution in [0.3, 0.4) is 0 Å². The molecular formula is C13H28N2OS. The van der Waals surface area contributed by atoms with Crippen molar-refractivity contribution in [2.45, 2.75) is 31.8 Å². The Labute approximate surface area is 111 Å². The average molecular weight is 260 g/mol. The zero-order valence-electron chi connectivity index (χ0n) is 11.4. The molecule has 0 bridgehead atoms. The molecule has 0 aromatic carbocycles. The summed E-state index contributed by atoms with van der Waals surface area (Å²) < 4.78 is 5.70. The summed E-state index contributed by atoms with van der Waals surface area (Å²) in [6.07, 6.45) is 7.99. The summed E-state index contributed by atoms with van der Waals surface area (Å²) in [5.74, 6) is 1.32. The van der Waals surface area contributed by atoms with E-state index in [1.165, 1.54) is 31.4 Å². The van der Waals surface area contributed by atoms with Crippen molar-refractivity contribution in [3.8, 4) is 0 Å². The number of unbranched alkanes of at least 4 members (excludes halogenated alkanes) is 3. The van der Waals surface area contributed by atoms with Gasteiger partial charge in [0.1, 0.15) is 0 Å². The first kappa shape index (κ1) is 15.3. The van der Waals surface area contributed by atoms with Gasteiger partial charge in [0.2, 0.25) is 0 Å². The summed E-state index contributed by atoms with van der Waals surface area (Å²) in [7, 11) is 2.17. The SMILES string of the molecule is CSCCCCCCNCC1CN(C)CCO1. The van der Waals surface area contributed by atoms with Gasteiger partial charge in [0.25, 0.3) is 0 Å². The summed E-state index contributed by atoms with van der Waals surface area (Å²) in [6.45, 7) is 5.18. The molecule has 0 aromatic rings. The average Bonchev–Trinajstić information content (AvgIpc) is 2.33. The lowest BCUT2D eigenvalue weighted by Gasteiger charge is -2.30. The lowest BCUT2D eigenvalue weighted by Crippen LogP contribution is -2.44. The number of rotatable bonds is 9. The lowest BCUT2D eigenvalue weighted by atomic mass is 10.2. The van der Waals surface area contributed by atoms with Crippen LogP contribution in [-0.4, -0.2) is 62.8 Å². The van der Waals surface area contributed by atoms with Gasteiger partial charge in [0, 0.05) is 19.6 Å². The molecule has 3 nitrogen and oxygen atoms in total. The van der Waals surface area contributed by atoms with E-state index in [9.17, 15) is 0 Å². The van der Waals surface area contributed by atoms with Gasteiger partial charge in [-0.2, -0.15) is 11.8 Å². The fourth-order valence-corrected chi connectivity index (χ4v) is 2.60. The fraction of sp³-hybridized carbons (Fsp3) is 1.00. The molecule has 1 rings (SSSR count). The van der Waals surface area contributed by atoms with Crippen molar-refractivity contribution < 1.29 is 4.74 Å². The molecule has 1 aliphatic heterocycles. The molecule has 1 atom stereocenters. The Morgan fingerprint density at radius 1 is 1.29 bits per heavy atom. The minimum absolute atomic E-state index is 0.394. The largest absolute Gasteiger partial charge is 0.374 e. The highest BCUT2D eigenvalue weighted by molar-refractivity contribution is 7.98. The van der Waals surface area contributed by atoms with Crippen molar-refractivity contribution in [3.05, 3.63) is 0 Å². The molecule has 1 unspecified atom stereocenters. The predicted octanol–water partition coefficient (Wildman–Crippen LogP) is 1.83. The summed E-state index contributed by atoms with van der Waals surface area (Å²) in [5, 5.41) is 3.51. The number of nitrogens with one attached hydrogen (secondary N) is 1. The first-order valence-electron chi connectivity index (χ1n) is 6.82. The van der Waals surface area contributed by atoms with Gasteiger partial charge < -0.3 is 15.0 Å². The van der Waals surface area contributed by atoms with Crippen LogP contribution >= 0.6 is 11.8 Å². The third-order valence-electron chi connectivity index (χ3n) is 3.17. The molecule has 0 saturated carbocycles. The minimum atomic E-state index is 0.394. The zero-order valence-corrected chi connectivity index (χ0v) is 12.2. The van der Waals surface area contributed by atoms with Crippen LogP contribution in [0.1, 0.15) is 25.7 Å². The molecule has 0 aromatic heterocycles. The summed E-state index contributed by atoms with van der Waals surface area (Å²) in [6, 6.07) is 0. The van der Waals surface area contributed by atoms with Crippen LogP contribution in [-0.2, 0) is 4.74 Å². The number of morpholine rings is 1. The number of nitrogens with zero attached hydrogens (tertiary/aromatic N) is 1. The van der Waals surface area contributed by atoms with Crippen molar-refractivity contribution in [1.29, 1.82) is 0 Å². The van der Waals surface area contributed by atoms with E-state index in [4.69, 9.17) is 4.74 Å². The second kappa shape index (κ2) is 10.2. The third kappa shape index (κ3) is 8.03. The molecule has 1 saturated heterocycles. The summed E-state index contributed by atoms with van der Waals surface area (Å²) in [5.41, 5.74) is 0. The molecule has 1 N–H and O–H groups in total. The second-order valence-corrected chi connectivity index (χ2v) is 5.85. The Morgan fingerprint density at radius 3 is 2.88 bits per heavy atom. The molecule has 0 spiro atoms. The van der Waals surface area contributed by atoms with Crippen molar-refractivity contribution in [2.24, 2.45) is 0 Å². The van der Waals surface area contributed by atoms with Crippen LogP contribution in [0, 0.1) is 0 Å². The van der Waals surface area contributed by atoms with E-state index < -0.39 is 0 Å². The number of likely N-dealkylation sites (N-methyl/N-ethyl adjacent to an activating group) is 1. The maximum absolute atomic E-state index is 5.70. The smallest absolute Gasteiger partial charge is 0.0826 e. The molecule has 102 valence electrons. The molecule has 0 radical (unpaired) electrons. The van der Waals surface area contributed by atoms with Crippen LogP contribution in [0.15, 0.2) is 0 Å². The maximum Gasteiger partial charge on any atom is 0.0826 e. The fourth-order valence-electron chi connectivity index (χ4n) is 2.10. The van der Waals surface area contributed by atoms with Gasteiger partial charge in [-0.25, -0.2) is 0 Å². The molecule has 1 heterocycles. The number of hydrogen-bond acceptors (Lipinski definition) is 4. The monoisotopic (exact) mass is 260 g/mol. The Balaban J connectivity index is 1.83. The summed E-state index contributed by atoms with van der Waals surface area (Å²) >= 11 is 1.95. The lowest BCUT2D eigenvalue weighted by molar-refractivity contribution is -0.0180. The van der Waals surface area contributed by atoms with Gasteiger partial charge in [-0.05, 0) is 38.4 Å². The first-order valence-corrected chi connectivity index (χ1v) is 8.22. The van der Waals surface area contributed by atoms with Crippen LogP contribution in [0.2, 0.25) is 0 Å². The highest BCUT2D eigenvalue weighted by Gasteiger charge is 2.16. The first-order chi connectivity index (χ1) is 8.33. The van der Waals surface area contributed by atoms with Crippen molar-refractivity contribution >= 4 is 11.8 Å². The zero-order chi connectivity index (χ0) is 12.3. The second-order valence-electron chi connectivity index (χ2n) is 4.87. The summed E-state index contributed by atoms with van der Waals surface area (Å²) in [4.78, 5) is 2.35. The molecule has 17 heavy (non-hydrogen) atoms. The Kier molecular flexibility index (Phi) is 9.16. The maximum atomic E-state index is 5.70. The molecule has 0 aliphatic carbocycles. The molecule has 0 amide bonds. The van der Waals surface area contributed by atoms with Gasteiger partial charge in [0.15, 0.2) is 0 Å². The van der Waals surface area contributed by atoms with Gasteiger partial charge in [-0.15, -0.1) is 0 Å².